The number of nitrogen functional groups attached to an aromatic ring is 1. The van der Waals surface area contributed by atoms with Crippen LogP contribution in [0.3, 0.4) is 0 Å². The smallest absolute Gasteiger partial charge is 0.142 e. The fraction of sp³-hybridized carbons (Fsp3) is 0.182. The molecule has 0 aliphatic heterocycles. The molecule has 0 unspecified atom stereocenters. The van der Waals surface area contributed by atoms with Gasteiger partial charge in [0.1, 0.15) is 16.6 Å². The number of hydrogen-bond acceptors (Lipinski definition) is 4. The Labute approximate surface area is 97.3 Å². The Bertz CT molecular complexity index is 496. The van der Waals surface area contributed by atoms with Crippen LogP contribution in [0.4, 0.5) is 15.2 Å². The second kappa shape index (κ2) is 4.49. The minimum atomic E-state index is -0.222. The fourth-order valence-electron chi connectivity index (χ4n) is 1.34. The average molecular weight is 237 g/mol. The molecule has 1 aromatic heterocycles. The molecule has 0 bridgehead atoms. The van der Waals surface area contributed by atoms with Gasteiger partial charge >= 0.3 is 0 Å². The first-order chi connectivity index (χ1) is 7.66. The van der Waals surface area contributed by atoms with E-state index in [9.17, 15) is 4.39 Å². The number of benzene rings is 1. The van der Waals surface area contributed by atoms with Crippen LogP contribution in [0.2, 0.25) is 0 Å². The van der Waals surface area contributed by atoms with Gasteiger partial charge in [-0.3, -0.25) is 0 Å². The Morgan fingerprint density at radius 2 is 2.31 bits per heavy atom. The zero-order valence-corrected chi connectivity index (χ0v) is 9.64. The van der Waals surface area contributed by atoms with Crippen LogP contribution in [0.15, 0.2) is 24.3 Å². The predicted molar refractivity (Wildman–Crippen MR) is 65.0 cm³/mol. The lowest BCUT2D eigenvalue weighted by Crippen LogP contribution is -1.99. The standard InChI is InChI=1S/C11H12FN3S/c1-7-10(13)15-16-11(7)14-6-8-3-2-4-9(12)5-8/h2-5,14H,6H2,1H3,(H2,13,15). The van der Waals surface area contributed by atoms with Gasteiger partial charge in [-0.15, -0.1) is 0 Å². The number of rotatable bonds is 3. The lowest BCUT2D eigenvalue weighted by atomic mass is 10.2. The van der Waals surface area contributed by atoms with Gasteiger partial charge in [-0.1, -0.05) is 12.1 Å². The van der Waals surface area contributed by atoms with Crippen LogP contribution >= 0.6 is 11.5 Å². The molecule has 0 saturated heterocycles. The van der Waals surface area contributed by atoms with Crippen LogP contribution in [-0.2, 0) is 6.54 Å². The molecule has 0 fully saturated rings. The first-order valence-electron chi connectivity index (χ1n) is 4.87. The summed E-state index contributed by atoms with van der Waals surface area (Å²) in [6, 6.07) is 6.50. The van der Waals surface area contributed by atoms with Crippen molar-refractivity contribution >= 4 is 22.4 Å². The third kappa shape index (κ3) is 2.30. The highest BCUT2D eigenvalue weighted by atomic mass is 32.1. The summed E-state index contributed by atoms with van der Waals surface area (Å²) in [5.41, 5.74) is 7.47. The van der Waals surface area contributed by atoms with Gasteiger partial charge in [-0.25, -0.2) is 4.39 Å². The molecule has 0 amide bonds. The van der Waals surface area contributed by atoms with Crippen molar-refractivity contribution in [2.24, 2.45) is 0 Å². The van der Waals surface area contributed by atoms with E-state index in [0.717, 1.165) is 16.1 Å². The van der Waals surface area contributed by atoms with Gasteiger partial charge in [0.15, 0.2) is 0 Å². The van der Waals surface area contributed by atoms with Gasteiger partial charge in [-0.05, 0) is 36.2 Å². The van der Waals surface area contributed by atoms with Crippen LogP contribution in [-0.4, -0.2) is 4.37 Å². The number of hydrogen-bond donors (Lipinski definition) is 2. The molecule has 0 saturated carbocycles. The van der Waals surface area contributed by atoms with Crippen LogP contribution in [0.1, 0.15) is 11.1 Å². The molecule has 16 heavy (non-hydrogen) atoms. The highest BCUT2D eigenvalue weighted by Crippen LogP contribution is 2.25. The van der Waals surface area contributed by atoms with Crippen molar-refractivity contribution in [2.45, 2.75) is 13.5 Å². The summed E-state index contributed by atoms with van der Waals surface area (Å²) >= 11 is 1.32. The summed E-state index contributed by atoms with van der Waals surface area (Å²) in [5.74, 6) is 0.326. The third-order valence-electron chi connectivity index (χ3n) is 2.30. The van der Waals surface area contributed by atoms with Crippen LogP contribution in [0.25, 0.3) is 0 Å². The molecule has 0 aliphatic rings. The molecular weight excluding hydrogens is 225 g/mol. The number of halogens is 1. The fourth-order valence-corrected chi connectivity index (χ4v) is 2.05. The third-order valence-corrected chi connectivity index (χ3v) is 3.22. The quantitative estimate of drug-likeness (QED) is 0.863. The van der Waals surface area contributed by atoms with Gasteiger partial charge < -0.3 is 11.1 Å². The Morgan fingerprint density at radius 3 is 2.94 bits per heavy atom. The predicted octanol–water partition coefficient (Wildman–Crippen LogP) is 2.78. The molecule has 3 N–H and O–H groups in total. The van der Waals surface area contributed by atoms with E-state index in [2.05, 4.69) is 9.69 Å². The molecule has 3 nitrogen and oxygen atoms in total. The first-order valence-corrected chi connectivity index (χ1v) is 5.64. The van der Waals surface area contributed by atoms with E-state index in [4.69, 9.17) is 5.73 Å². The monoisotopic (exact) mass is 237 g/mol. The van der Waals surface area contributed by atoms with Crippen LogP contribution in [0.5, 0.6) is 0 Å². The van der Waals surface area contributed by atoms with E-state index in [-0.39, 0.29) is 5.82 Å². The Kier molecular flexibility index (Phi) is 3.05. The molecule has 1 aromatic carbocycles. The summed E-state index contributed by atoms with van der Waals surface area (Å²) < 4.78 is 16.9. The van der Waals surface area contributed by atoms with Gasteiger partial charge in [-0.2, -0.15) is 4.37 Å². The largest absolute Gasteiger partial charge is 0.383 e. The highest BCUT2D eigenvalue weighted by Gasteiger charge is 2.05. The molecule has 1 heterocycles. The van der Waals surface area contributed by atoms with Crippen molar-refractivity contribution in [1.29, 1.82) is 0 Å². The van der Waals surface area contributed by atoms with Gasteiger partial charge in [0.05, 0.1) is 0 Å². The van der Waals surface area contributed by atoms with E-state index < -0.39 is 0 Å². The SMILES string of the molecule is Cc1c(N)nsc1NCc1cccc(F)c1. The summed E-state index contributed by atoms with van der Waals surface area (Å²) in [7, 11) is 0. The number of anilines is 2. The van der Waals surface area contributed by atoms with E-state index in [1.807, 2.05) is 13.0 Å². The van der Waals surface area contributed by atoms with Crippen molar-refractivity contribution in [3.05, 3.63) is 41.2 Å². The van der Waals surface area contributed by atoms with Gasteiger partial charge in [0.2, 0.25) is 0 Å². The number of aromatic nitrogens is 1. The van der Waals surface area contributed by atoms with E-state index in [1.165, 1.54) is 23.7 Å². The summed E-state index contributed by atoms with van der Waals surface area (Å²) in [5, 5.41) is 4.12. The highest BCUT2D eigenvalue weighted by molar-refractivity contribution is 7.10. The van der Waals surface area contributed by atoms with Crippen molar-refractivity contribution < 1.29 is 4.39 Å². The normalized spacial score (nSPS) is 10.4. The second-order valence-electron chi connectivity index (χ2n) is 3.51. The van der Waals surface area contributed by atoms with Gasteiger partial charge in [0.25, 0.3) is 0 Å². The van der Waals surface area contributed by atoms with E-state index >= 15 is 0 Å². The molecule has 0 aliphatic carbocycles. The second-order valence-corrected chi connectivity index (χ2v) is 4.28. The molecular formula is C11H12FN3S. The van der Waals surface area contributed by atoms with E-state index in [0.29, 0.717) is 12.4 Å². The Morgan fingerprint density at radius 1 is 1.50 bits per heavy atom. The van der Waals surface area contributed by atoms with Crippen molar-refractivity contribution in [3.8, 4) is 0 Å². The van der Waals surface area contributed by atoms with Crippen LogP contribution in [0, 0.1) is 12.7 Å². The lowest BCUT2D eigenvalue weighted by Gasteiger charge is -2.04. The minimum Gasteiger partial charge on any atom is -0.383 e. The van der Waals surface area contributed by atoms with Crippen molar-refractivity contribution in [2.75, 3.05) is 11.1 Å². The maximum absolute atomic E-state index is 12.9. The first kappa shape index (κ1) is 10.9. The topological polar surface area (TPSA) is 50.9 Å². The molecule has 5 heteroatoms. The summed E-state index contributed by atoms with van der Waals surface area (Å²) in [6.45, 7) is 2.48. The molecule has 2 aromatic rings. The number of nitrogens with one attached hydrogen (secondary N) is 1. The summed E-state index contributed by atoms with van der Waals surface area (Å²) in [6.07, 6.45) is 0. The zero-order chi connectivity index (χ0) is 11.5. The Balaban J connectivity index is 2.05. The molecule has 0 spiro atoms. The minimum absolute atomic E-state index is 0.222. The Hall–Kier alpha value is -1.62. The molecule has 0 radical (unpaired) electrons. The maximum Gasteiger partial charge on any atom is 0.142 e. The summed E-state index contributed by atoms with van der Waals surface area (Å²) in [4.78, 5) is 0. The van der Waals surface area contributed by atoms with Crippen LogP contribution < -0.4 is 11.1 Å². The van der Waals surface area contributed by atoms with E-state index in [1.54, 1.807) is 6.07 Å². The van der Waals surface area contributed by atoms with Crippen molar-refractivity contribution in [3.63, 3.8) is 0 Å². The molecule has 0 atom stereocenters. The average Bonchev–Trinajstić information content (AvgIpc) is 2.57. The lowest BCUT2D eigenvalue weighted by molar-refractivity contribution is 0.626. The van der Waals surface area contributed by atoms with Crippen molar-refractivity contribution in [1.82, 2.24) is 4.37 Å². The maximum atomic E-state index is 12.9. The molecule has 2 rings (SSSR count). The number of nitrogens with two attached hydrogens (primary N) is 1. The molecule has 84 valence electrons. The number of nitrogens with zero attached hydrogens (tertiary/aromatic N) is 1. The zero-order valence-electron chi connectivity index (χ0n) is 8.83. The van der Waals surface area contributed by atoms with Gasteiger partial charge in [0, 0.05) is 12.1 Å².